The van der Waals surface area contributed by atoms with E-state index in [4.69, 9.17) is 18.9 Å². The van der Waals surface area contributed by atoms with Crippen LogP contribution in [0.4, 0.5) is 0 Å². The maximum absolute atomic E-state index is 13.5. The second kappa shape index (κ2) is 9.52. The zero-order valence-electron chi connectivity index (χ0n) is 21.6. The van der Waals surface area contributed by atoms with Gasteiger partial charge in [0.1, 0.15) is 47.8 Å². The smallest absolute Gasteiger partial charge is 0.201 e. The van der Waals surface area contributed by atoms with E-state index in [9.17, 15) is 40.2 Å². The Morgan fingerprint density at radius 1 is 0.949 bits per heavy atom. The van der Waals surface area contributed by atoms with Crippen LogP contribution in [0.1, 0.15) is 62.9 Å². The molecule has 12 heteroatoms. The molecule has 1 fully saturated rings. The molecule has 5 rings (SSSR count). The van der Waals surface area contributed by atoms with Crippen LogP contribution >= 0.6 is 0 Å². The van der Waals surface area contributed by atoms with Gasteiger partial charge in [-0.3, -0.25) is 9.59 Å². The molecule has 2 aromatic carbocycles. The van der Waals surface area contributed by atoms with Crippen molar-refractivity contribution in [2.45, 2.75) is 68.8 Å². The number of aromatic hydroxyl groups is 3. The summed E-state index contributed by atoms with van der Waals surface area (Å²) in [5.41, 5.74) is -2.42. The molecule has 0 radical (unpaired) electrons. The number of rotatable bonds is 4. The van der Waals surface area contributed by atoms with Crippen molar-refractivity contribution in [2.75, 3.05) is 14.2 Å². The predicted octanol–water partition coefficient (Wildman–Crippen LogP) is 0.440. The number of carbonyl (C=O) groups excluding carboxylic acids is 2. The van der Waals surface area contributed by atoms with Gasteiger partial charge < -0.3 is 49.6 Å². The second-order valence-electron chi connectivity index (χ2n) is 10.4. The Labute approximate surface area is 222 Å². The maximum atomic E-state index is 13.5. The Balaban J connectivity index is 1.67. The van der Waals surface area contributed by atoms with Gasteiger partial charge in [0.2, 0.25) is 5.78 Å². The summed E-state index contributed by atoms with van der Waals surface area (Å²) in [5, 5.41) is 63.9. The van der Waals surface area contributed by atoms with E-state index < -0.39 is 77.3 Å². The van der Waals surface area contributed by atoms with Crippen LogP contribution in [-0.4, -0.2) is 98.8 Å². The van der Waals surface area contributed by atoms with Gasteiger partial charge in [-0.2, -0.15) is 0 Å². The molecule has 39 heavy (non-hydrogen) atoms. The van der Waals surface area contributed by atoms with Gasteiger partial charge in [-0.15, -0.1) is 0 Å². The molecule has 2 aromatic rings. The summed E-state index contributed by atoms with van der Waals surface area (Å²) in [6.45, 7) is 3.00. The summed E-state index contributed by atoms with van der Waals surface area (Å²) in [4.78, 5) is 26.9. The van der Waals surface area contributed by atoms with E-state index in [0.29, 0.717) is 0 Å². The van der Waals surface area contributed by atoms with Crippen LogP contribution in [0, 0.1) is 0 Å². The Bertz CT molecular complexity index is 1350. The fourth-order valence-electron chi connectivity index (χ4n) is 5.90. The molecule has 0 bridgehead atoms. The van der Waals surface area contributed by atoms with E-state index >= 15 is 0 Å². The van der Waals surface area contributed by atoms with Crippen molar-refractivity contribution in [2.24, 2.45) is 0 Å². The van der Waals surface area contributed by atoms with Crippen LogP contribution in [0.3, 0.4) is 0 Å². The molecule has 12 nitrogen and oxygen atoms in total. The normalized spacial score (nSPS) is 33.9. The van der Waals surface area contributed by atoms with Gasteiger partial charge >= 0.3 is 0 Å². The van der Waals surface area contributed by atoms with Crippen molar-refractivity contribution in [3.05, 3.63) is 51.6 Å². The molecule has 2 aliphatic carbocycles. The summed E-state index contributed by atoms with van der Waals surface area (Å²) < 4.78 is 22.9. The summed E-state index contributed by atoms with van der Waals surface area (Å²) in [6, 6.07) is 3.34. The molecule has 3 aliphatic rings. The van der Waals surface area contributed by atoms with Gasteiger partial charge in [0.15, 0.2) is 12.1 Å². The third-order valence-electron chi connectivity index (χ3n) is 7.78. The van der Waals surface area contributed by atoms with Gasteiger partial charge in [-0.05, 0) is 31.5 Å². The first kappa shape index (κ1) is 27.5. The first-order chi connectivity index (χ1) is 18.3. The van der Waals surface area contributed by atoms with E-state index in [-0.39, 0.29) is 39.8 Å². The molecular weight excluding hydrogens is 516 g/mol. The minimum Gasteiger partial charge on any atom is -0.508 e. The van der Waals surface area contributed by atoms with Crippen LogP contribution in [0.2, 0.25) is 0 Å². The van der Waals surface area contributed by atoms with E-state index in [1.165, 1.54) is 34.1 Å². The van der Waals surface area contributed by atoms with Crippen LogP contribution in [0.25, 0.3) is 0 Å². The van der Waals surface area contributed by atoms with Gasteiger partial charge in [-0.1, -0.05) is 0 Å². The van der Waals surface area contributed by atoms with Gasteiger partial charge in [0.25, 0.3) is 0 Å². The lowest BCUT2D eigenvalue weighted by Gasteiger charge is -2.47. The highest BCUT2D eigenvalue weighted by molar-refractivity contribution is 6.30. The quantitative estimate of drug-likeness (QED) is 0.265. The summed E-state index contributed by atoms with van der Waals surface area (Å²) >= 11 is 0. The van der Waals surface area contributed by atoms with Crippen LogP contribution in [-0.2, 0) is 25.4 Å². The largest absolute Gasteiger partial charge is 0.508 e. The SMILES string of the molecule is COC1C(OC2c3c(cc4c(c3O)C(=O)c3c(O)cc(O)cc3C4=O)CC(C)(O)C2OC)OC(C)C(O)C1O. The third-order valence-corrected chi connectivity index (χ3v) is 7.78. The Kier molecular flexibility index (Phi) is 6.71. The predicted molar refractivity (Wildman–Crippen MR) is 131 cm³/mol. The van der Waals surface area contributed by atoms with E-state index in [1.807, 2.05) is 0 Å². The first-order valence-electron chi connectivity index (χ1n) is 12.3. The van der Waals surface area contributed by atoms with Crippen molar-refractivity contribution < 1.29 is 59.2 Å². The number of phenolic OH excluding ortho intramolecular Hbond substituents is 3. The summed E-state index contributed by atoms with van der Waals surface area (Å²) in [5.74, 6) is -3.22. The number of phenols is 3. The molecule has 0 saturated carbocycles. The number of aliphatic hydroxyl groups is 3. The first-order valence-corrected chi connectivity index (χ1v) is 12.3. The van der Waals surface area contributed by atoms with E-state index in [2.05, 4.69) is 0 Å². The van der Waals surface area contributed by atoms with Crippen molar-refractivity contribution >= 4 is 11.6 Å². The minimum absolute atomic E-state index is 0.0433. The third kappa shape index (κ3) is 4.11. The highest BCUT2D eigenvalue weighted by Gasteiger charge is 2.52. The van der Waals surface area contributed by atoms with Gasteiger partial charge in [-0.25, -0.2) is 0 Å². The molecule has 6 N–H and O–H groups in total. The number of hydrogen-bond donors (Lipinski definition) is 6. The van der Waals surface area contributed by atoms with Crippen LogP contribution < -0.4 is 0 Å². The summed E-state index contributed by atoms with van der Waals surface area (Å²) in [6.07, 6.45) is -8.51. The minimum atomic E-state index is -1.59. The topological polar surface area (TPSA) is 192 Å². The molecular formula is C27H30O12. The molecule has 0 spiro atoms. The van der Waals surface area contributed by atoms with E-state index in [0.717, 1.165) is 12.1 Å². The number of fused-ring (bicyclic) bond motifs is 3. The van der Waals surface area contributed by atoms with Crippen molar-refractivity contribution in [3.8, 4) is 17.2 Å². The molecule has 0 amide bonds. The zero-order chi connectivity index (χ0) is 28.5. The standard InChI is InChI=1S/C27H30O12/c1-9-18(30)22(34)24(36-3)26(38-9)39-23-15-10(8-27(2,35)25(23)37-4)5-12-17(20(15)32)21(33)16-13(19(12)31)6-11(28)7-14(16)29/h5-7,9,18,22-26,28-30,32,34-35H,8H2,1-4H3. The molecule has 1 saturated heterocycles. The van der Waals surface area contributed by atoms with Crippen molar-refractivity contribution in [1.29, 1.82) is 0 Å². The molecule has 8 atom stereocenters. The number of ether oxygens (including phenoxy) is 4. The molecule has 1 heterocycles. The number of benzene rings is 2. The average molecular weight is 547 g/mol. The second-order valence-corrected chi connectivity index (χ2v) is 10.4. The summed E-state index contributed by atoms with van der Waals surface area (Å²) in [7, 11) is 2.61. The Hall–Kier alpha value is -3.10. The van der Waals surface area contributed by atoms with Crippen LogP contribution in [0.5, 0.6) is 17.2 Å². The lowest BCUT2D eigenvalue weighted by atomic mass is 9.73. The Morgan fingerprint density at radius 3 is 2.26 bits per heavy atom. The van der Waals surface area contributed by atoms with Crippen molar-refractivity contribution in [3.63, 3.8) is 0 Å². The number of aliphatic hydroxyl groups excluding tert-OH is 2. The number of hydrogen-bond acceptors (Lipinski definition) is 12. The maximum Gasteiger partial charge on any atom is 0.201 e. The zero-order valence-corrected chi connectivity index (χ0v) is 21.6. The molecule has 0 aromatic heterocycles. The average Bonchev–Trinajstić information content (AvgIpc) is 2.84. The lowest BCUT2D eigenvalue weighted by Crippen LogP contribution is -2.59. The number of methoxy groups -OCH3 is 2. The highest BCUT2D eigenvalue weighted by Crippen LogP contribution is 2.49. The van der Waals surface area contributed by atoms with Gasteiger partial charge in [0.05, 0.1) is 22.8 Å². The number of ketones is 2. The fourth-order valence-corrected chi connectivity index (χ4v) is 5.90. The van der Waals surface area contributed by atoms with Gasteiger partial charge in [0, 0.05) is 43.4 Å². The number of carbonyl (C=O) groups is 2. The molecule has 210 valence electrons. The fraction of sp³-hybridized carbons (Fsp3) is 0.481. The highest BCUT2D eigenvalue weighted by atomic mass is 16.7. The van der Waals surface area contributed by atoms with E-state index in [1.54, 1.807) is 0 Å². The Morgan fingerprint density at radius 2 is 1.62 bits per heavy atom. The molecule has 1 aliphatic heterocycles. The lowest BCUT2D eigenvalue weighted by molar-refractivity contribution is -0.323. The van der Waals surface area contributed by atoms with Crippen LogP contribution in [0.15, 0.2) is 18.2 Å². The van der Waals surface area contributed by atoms with Crippen molar-refractivity contribution in [1.82, 2.24) is 0 Å². The monoisotopic (exact) mass is 546 g/mol. The molecule has 8 unspecified atom stereocenters.